The largest absolute Gasteiger partial charge is 0.398 e. The number of ether oxygens (including phenoxy) is 1. The molecule has 23 heavy (non-hydrogen) atoms. The Morgan fingerprint density at radius 1 is 1.22 bits per heavy atom. The first-order chi connectivity index (χ1) is 11.2. The maximum atomic E-state index is 12.9. The smallest absolute Gasteiger partial charge is 0.259 e. The molecule has 1 aliphatic carbocycles. The number of fused-ring (bicyclic) bond motifs is 1. The number of anilines is 1. The molecule has 1 saturated heterocycles. The Morgan fingerprint density at radius 2 is 1.96 bits per heavy atom. The van der Waals surface area contributed by atoms with Gasteiger partial charge >= 0.3 is 0 Å². The Bertz CT molecular complexity index is 833. The molecule has 1 aromatic carbocycles. The molecule has 0 radical (unpaired) electrons. The summed E-state index contributed by atoms with van der Waals surface area (Å²) in [7, 11) is 0. The van der Waals surface area contributed by atoms with E-state index in [4.69, 9.17) is 10.5 Å². The van der Waals surface area contributed by atoms with E-state index in [9.17, 15) is 9.59 Å². The van der Waals surface area contributed by atoms with Gasteiger partial charge in [-0.25, -0.2) is 0 Å². The van der Waals surface area contributed by atoms with Crippen LogP contribution in [-0.2, 0) is 4.74 Å². The fourth-order valence-electron chi connectivity index (χ4n) is 3.17. The van der Waals surface area contributed by atoms with Crippen molar-refractivity contribution in [2.75, 3.05) is 32.0 Å². The number of hydrogen-bond acceptors (Lipinski definition) is 4. The number of carbonyl (C=O) groups excluding carboxylic acids is 1. The summed E-state index contributed by atoms with van der Waals surface area (Å²) in [6, 6.07) is 5.81. The van der Waals surface area contributed by atoms with Crippen molar-refractivity contribution in [3.8, 4) is 0 Å². The second kappa shape index (κ2) is 5.38. The summed E-state index contributed by atoms with van der Waals surface area (Å²) in [5, 5.41) is 0.457. The third-order valence-corrected chi connectivity index (χ3v) is 4.56. The molecule has 4 rings (SSSR count). The number of hydrogen-bond donors (Lipinski definition) is 1. The third kappa shape index (κ3) is 2.39. The summed E-state index contributed by atoms with van der Waals surface area (Å²) < 4.78 is 7.32. The van der Waals surface area contributed by atoms with Gasteiger partial charge in [0.05, 0.1) is 24.1 Å². The number of morpholine rings is 1. The maximum Gasteiger partial charge on any atom is 0.259 e. The van der Waals surface area contributed by atoms with Crippen LogP contribution < -0.4 is 11.2 Å². The molecular formula is C17H19N3O3. The molecule has 2 aromatic rings. The van der Waals surface area contributed by atoms with E-state index in [1.165, 1.54) is 0 Å². The van der Waals surface area contributed by atoms with Gasteiger partial charge in [-0.2, -0.15) is 0 Å². The first kappa shape index (κ1) is 14.3. The van der Waals surface area contributed by atoms with Gasteiger partial charge in [0.15, 0.2) is 0 Å². The molecule has 6 heteroatoms. The van der Waals surface area contributed by atoms with Crippen molar-refractivity contribution in [3.63, 3.8) is 0 Å². The summed E-state index contributed by atoms with van der Waals surface area (Å²) in [4.78, 5) is 27.3. The van der Waals surface area contributed by atoms with Crippen LogP contribution in [0, 0.1) is 0 Å². The van der Waals surface area contributed by atoms with Crippen molar-refractivity contribution in [1.29, 1.82) is 0 Å². The molecule has 1 amide bonds. The van der Waals surface area contributed by atoms with Crippen molar-refractivity contribution in [2.45, 2.75) is 18.9 Å². The van der Waals surface area contributed by atoms with E-state index < -0.39 is 0 Å². The lowest BCUT2D eigenvalue weighted by Gasteiger charge is -2.27. The summed E-state index contributed by atoms with van der Waals surface area (Å²) in [6.45, 7) is 2.06. The van der Waals surface area contributed by atoms with Gasteiger partial charge in [-0.15, -0.1) is 0 Å². The second-order valence-corrected chi connectivity index (χ2v) is 6.16. The minimum atomic E-state index is -0.272. The average molecular weight is 313 g/mol. The molecule has 0 unspecified atom stereocenters. The van der Waals surface area contributed by atoms with Crippen LogP contribution in [0.5, 0.6) is 0 Å². The van der Waals surface area contributed by atoms with Crippen molar-refractivity contribution in [3.05, 3.63) is 40.2 Å². The lowest BCUT2D eigenvalue weighted by molar-refractivity contribution is 0.0301. The Kier molecular flexibility index (Phi) is 3.34. The molecule has 6 nitrogen and oxygen atoms in total. The van der Waals surface area contributed by atoms with Crippen LogP contribution in [0.15, 0.2) is 29.2 Å². The summed E-state index contributed by atoms with van der Waals surface area (Å²) in [6.07, 6.45) is 3.86. The molecular weight excluding hydrogens is 294 g/mol. The highest BCUT2D eigenvalue weighted by Gasteiger charge is 2.29. The molecule has 2 fully saturated rings. The van der Waals surface area contributed by atoms with Crippen LogP contribution in [0.3, 0.4) is 0 Å². The Hall–Kier alpha value is -2.34. The number of carbonyl (C=O) groups is 1. The zero-order valence-corrected chi connectivity index (χ0v) is 12.8. The van der Waals surface area contributed by atoms with Crippen molar-refractivity contribution in [2.24, 2.45) is 0 Å². The van der Waals surface area contributed by atoms with Gasteiger partial charge in [0.25, 0.3) is 5.91 Å². The van der Waals surface area contributed by atoms with Gasteiger partial charge in [-0.1, -0.05) is 6.07 Å². The number of nitrogen functional groups attached to an aromatic ring is 1. The third-order valence-electron chi connectivity index (χ3n) is 4.56. The molecule has 2 aliphatic rings. The predicted molar refractivity (Wildman–Crippen MR) is 87.6 cm³/mol. The molecule has 0 atom stereocenters. The van der Waals surface area contributed by atoms with Gasteiger partial charge in [0.2, 0.25) is 5.43 Å². The van der Waals surface area contributed by atoms with Crippen LogP contribution >= 0.6 is 0 Å². The van der Waals surface area contributed by atoms with Gasteiger partial charge in [0, 0.05) is 31.0 Å². The Balaban J connectivity index is 1.89. The minimum Gasteiger partial charge on any atom is -0.398 e. The SMILES string of the molecule is Nc1cccc2c1c(=O)c(C(=O)N1CCOCC1)cn2C1CC1. The molecule has 1 aromatic heterocycles. The molecule has 1 saturated carbocycles. The van der Waals surface area contributed by atoms with E-state index in [0.717, 1.165) is 18.4 Å². The first-order valence-corrected chi connectivity index (χ1v) is 7.97. The highest BCUT2D eigenvalue weighted by Crippen LogP contribution is 2.37. The standard InChI is InChI=1S/C17H19N3O3/c18-13-2-1-3-14-15(13)16(21)12(10-20(14)11-4-5-11)17(22)19-6-8-23-9-7-19/h1-3,10-11H,4-9,18H2. The topological polar surface area (TPSA) is 77.6 Å². The van der Waals surface area contributed by atoms with Crippen molar-refractivity contribution in [1.82, 2.24) is 9.47 Å². The monoisotopic (exact) mass is 313 g/mol. The zero-order chi connectivity index (χ0) is 16.0. The van der Waals surface area contributed by atoms with E-state index >= 15 is 0 Å². The predicted octanol–water partition coefficient (Wildman–Crippen LogP) is 1.39. The fourth-order valence-corrected chi connectivity index (χ4v) is 3.17. The van der Waals surface area contributed by atoms with Crippen LogP contribution in [-0.4, -0.2) is 41.7 Å². The van der Waals surface area contributed by atoms with Crippen molar-refractivity contribution < 1.29 is 9.53 Å². The van der Waals surface area contributed by atoms with E-state index in [1.807, 2.05) is 16.7 Å². The number of nitrogens with zero attached hydrogens (tertiary/aromatic N) is 2. The number of nitrogens with two attached hydrogens (primary N) is 1. The van der Waals surface area contributed by atoms with Crippen LogP contribution in [0.25, 0.3) is 10.9 Å². The van der Waals surface area contributed by atoms with E-state index in [1.54, 1.807) is 17.2 Å². The highest BCUT2D eigenvalue weighted by atomic mass is 16.5. The number of benzene rings is 1. The minimum absolute atomic E-state index is 0.212. The maximum absolute atomic E-state index is 12.9. The molecule has 120 valence electrons. The highest BCUT2D eigenvalue weighted by molar-refractivity contribution is 6.00. The number of aromatic nitrogens is 1. The van der Waals surface area contributed by atoms with E-state index in [-0.39, 0.29) is 16.9 Å². The second-order valence-electron chi connectivity index (χ2n) is 6.16. The van der Waals surface area contributed by atoms with Crippen LogP contribution in [0.4, 0.5) is 5.69 Å². The molecule has 2 heterocycles. The van der Waals surface area contributed by atoms with Gasteiger partial charge in [-0.05, 0) is 25.0 Å². The zero-order valence-electron chi connectivity index (χ0n) is 12.8. The number of rotatable bonds is 2. The lowest BCUT2D eigenvalue weighted by atomic mass is 10.1. The van der Waals surface area contributed by atoms with Crippen LogP contribution in [0.1, 0.15) is 29.2 Å². The summed E-state index contributed by atoms with van der Waals surface area (Å²) in [5.74, 6) is -0.224. The van der Waals surface area contributed by atoms with E-state index in [2.05, 4.69) is 0 Å². The number of pyridine rings is 1. The van der Waals surface area contributed by atoms with Gasteiger partial charge in [0.1, 0.15) is 5.56 Å². The average Bonchev–Trinajstić information content (AvgIpc) is 3.40. The van der Waals surface area contributed by atoms with E-state index in [0.29, 0.717) is 43.4 Å². The summed E-state index contributed by atoms with van der Waals surface area (Å²) in [5.41, 5.74) is 7.22. The molecule has 0 bridgehead atoms. The normalized spacial score (nSPS) is 18.3. The molecule has 2 N–H and O–H groups in total. The van der Waals surface area contributed by atoms with Crippen LogP contribution in [0.2, 0.25) is 0 Å². The Labute approximate surface area is 133 Å². The molecule has 1 aliphatic heterocycles. The summed E-state index contributed by atoms with van der Waals surface area (Å²) >= 11 is 0. The number of amides is 1. The van der Waals surface area contributed by atoms with Gasteiger partial charge < -0.3 is 19.9 Å². The lowest BCUT2D eigenvalue weighted by Crippen LogP contribution is -2.42. The van der Waals surface area contributed by atoms with Crippen molar-refractivity contribution >= 4 is 22.5 Å². The quantitative estimate of drug-likeness (QED) is 0.850. The van der Waals surface area contributed by atoms with Gasteiger partial charge in [-0.3, -0.25) is 9.59 Å². The molecule has 0 spiro atoms. The Morgan fingerprint density at radius 3 is 2.65 bits per heavy atom. The first-order valence-electron chi connectivity index (χ1n) is 7.97. The fraction of sp³-hybridized carbons (Fsp3) is 0.412.